The number of anilines is 2. The molecule has 31 heavy (non-hydrogen) atoms. The van der Waals surface area contributed by atoms with Crippen molar-refractivity contribution in [3.63, 3.8) is 0 Å². The van der Waals surface area contributed by atoms with Crippen LogP contribution in [-0.4, -0.2) is 37.3 Å². The molecule has 3 aromatic heterocycles. The van der Waals surface area contributed by atoms with Gasteiger partial charge in [-0.05, 0) is 43.5 Å². The lowest BCUT2D eigenvalue weighted by atomic mass is 10.1. The standard InChI is InChI=1S/C22H22N6O3/c1-13-10-17-14(4-3-7-23-17)11-16(13)25-22-24-12-18-19(26-22)28(15-5-8-31-9-6-15)21(30)20(29)27(18)2/h3-4,7,10-12,15H,5-6,8-9H2,1-2H3,(H,24,25,26). The molecule has 1 N–H and O–H groups in total. The number of ether oxygens (including phenoxy) is 1. The molecule has 9 nitrogen and oxygen atoms in total. The zero-order valence-corrected chi connectivity index (χ0v) is 17.3. The van der Waals surface area contributed by atoms with Crippen LogP contribution in [0.3, 0.4) is 0 Å². The lowest BCUT2D eigenvalue weighted by molar-refractivity contribution is 0.0695. The smallest absolute Gasteiger partial charge is 0.318 e. The predicted octanol–water partition coefficient (Wildman–Crippen LogP) is 2.44. The van der Waals surface area contributed by atoms with Crippen molar-refractivity contribution in [3.8, 4) is 0 Å². The van der Waals surface area contributed by atoms with Crippen LogP contribution in [0.5, 0.6) is 0 Å². The molecule has 1 saturated heterocycles. The third-order valence-corrected chi connectivity index (χ3v) is 5.80. The van der Waals surface area contributed by atoms with E-state index in [0.29, 0.717) is 43.2 Å². The number of hydrogen-bond acceptors (Lipinski definition) is 7. The Hall–Kier alpha value is -3.59. The lowest BCUT2D eigenvalue weighted by Gasteiger charge is -2.25. The van der Waals surface area contributed by atoms with Crippen LogP contribution in [0.25, 0.3) is 22.1 Å². The summed E-state index contributed by atoms with van der Waals surface area (Å²) in [5.74, 6) is 0.359. The number of pyridine rings is 1. The first-order valence-electron chi connectivity index (χ1n) is 10.2. The molecule has 0 radical (unpaired) electrons. The fourth-order valence-electron chi connectivity index (χ4n) is 4.05. The number of hydrogen-bond donors (Lipinski definition) is 1. The minimum absolute atomic E-state index is 0.131. The van der Waals surface area contributed by atoms with E-state index in [1.807, 2.05) is 31.2 Å². The van der Waals surface area contributed by atoms with Gasteiger partial charge in [-0.1, -0.05) is 6.07 Å². The molecule has 0 spiro atoms. The van der Waals surface area contributed by atoms with Crippen molar-refractivity contribution in [2.24, 2.45) is 7.05 Å². The second-order valence-electron chi connectivity index (χ2n) is 7.77. The molecule has 5 rings (SSSR count). The zero-order chi connectivity index (χ0) is 21.5. The number of nitrogens with zero attached hydrogens (tertiary/aromatic N) is 5. The van der Waals surface area contributed by atoms with Gasteiger partial charge in [-0.3, -0.25) is 19.1 Å². The highest BCUT2D eigenvalue weighted by Crippen LogP contribution is 2.26. The molecule has 1 fully saturated rings. The lowest BCUT2D eigenvalue weighted by Crippen LogP contribution is -2.43. The van der Waals surface area contributed by atoms with Crippen LogP contribution in [0, 0.1) is 6.92 Å². The Morgan fingerprint density at radius 1 is 1.13 bits per heavy atom. The normalized spacial score (nSPS) is 14.9. The predicted molar refractivity (Wildman–Crippen MR) is 118 cm³/mol. The first kappa shape index (κ1) is 19.4. The van der Waals surface area contributed by atoms with Crippen LogP contribution >= 0.6 is 0 Å². The maximum Gasteiger partial charge on any atom is 0.318 e. The van der Waals surface area contributed by atoms with Gasteiger partial charge in [0.25, 0.3) is 0 Å². The van der Waals surface area contributed by atoms with Gasteiger partial charge in [-0.15, -0.1) is 0 Å². The van der Waals surface area contributed by atoms with Crippen molar-refractivity contribution in [3.05, 3.63) is 62.9 Å². The van der Waals surface area contributed by atoms with Crippen molar-refractivity contribution >= 4 is 33.7 Å². The molecule has 0 bridgehead atoms. The summed E-state index contributed by atoms with van der Waals surface area (Å²) in [4.78, 5) is 38.8. The Labute approximate surface area is 177 Å². The van der Waals surface area contributed by atoms with Crippen molar-refractivity contribution in [2.75, 3.05) is 18.5 Å². The molecule has 0 unspecified atom stereocenters. The second-order valence-corrected chi connectivity index (χ2v) is 7.77. The van der Waals surface area contributed by atoms with Gasteiger partial charge in [-0.25, -0.2) is 4.98 Å². The van der Waals surface area contributed by atoms with Gasteiger partial charge in [0.05, 0.1) is 11.7 Å². The number of nitrogens with one attached hydrogen (secondary N) is 1. The highest BCUT2D eigenvalue weighted by atomic mass is 16.5. The Bertz CT molecular complexity index is 1420. The van der Waals surface area contributed by atoms with E-state index in [0.717, 1.165) is 22.2 Å². The monoisotopic (exact) mass is 418 g/mol. The first-order valence-corrected chi connectivity index (χ1v) is 10.2. The maximum atomic E-state index is 12.9. The topological polar surface area (TPSA) is 104 Å². The molecule has 158 valence electrons. The Morgan fingerprint density at radius 3 is 2.74 bits per heavy atom. The number of rotatable bonds is 3. The van der Waals surface area contributed by atoms with Crippen molar-refractivity contribution in [2.45, 2.75) is 25.8 Å². The van der Waals surface area contributed by atoms with E-state index in [4.69, 9.17) is 4.74 Å². The van der Waals surface area contributed by atoms with Gasteiger partial charge in [0.2, 0.25) is 5.95 Å². The fourth-order valence-corrected chi connectivity index (χ4v) is 4.05. The molecule has 1 aliphatic heterocycles. The molecule has 9 heteroatoms. The fraction of sp³-hybridized carbons (Fsp3) is 0.318. The van der Waals surface area contributed by atoms with Crippen molar-refractivity contribution < 1.29 is 4.74 Å². The van der Waals surface area contributed by atoms with E-state index in [2.05, 4.69) is 20.3 Å². The molecule has 1 aliphatic rings. The first-order chi connectivity index (χ1) is 15.0. The average Bonchev–Trinajstić information content (AvgIpc) is 2.79. The minimum atomic E-state index is -0.582. The Balaban J connectivity index is 1.64. The summed E-state index contributed by atoms with van der Waals surface area (Å²) in [5, 5.41) is 4.26. The molecule has 4 aromatic rings. The second kappa shape index (κ2) is 7.59. The van der Waals surface area contributed by atoms with Gasteiger partial charge in [0, 0.05) is 43.6 Å². The summed E-state index contributed by atoms with van der Waals surface area (Å²) in [6, 6.07) is 7.75. The van der Waals surface area contributed by atoms with Crippen LogP contribution in [0.4, 0.5) is 11.6 Å². The van der Waals surface area contributed by atoms with Crippen molar-refractivity contribution in [1.82, 2.24) is 24.1 Å². The van der Waals surface area contributed by atoms with E-state index in [-0.39, 0.29) is 6.04 Å². The van der Waals surface area contributed by atoms with Gasteiger partial charge in [0.15, 0.2) is 5.65 Å². The van der Waals surface area contributed by atoms with Gasteiger partial charge < -0.3 is 14.6 Å². The van der Waals surface area contributed by atoms with E-state index < -0.39 is 11.1 Å². The van der Waals surface area contributed by atoms with Crippen LogP contribution in [-0.2, 0) is 11.8 Å². The number of fused-ring (bicyclic) bond motifs is 2. The Kier molecular flexibility index (Phi) is 4.74. The van der Waals surface area contributed by atoms with Crippen molar-refractivity contribution in [1.29, 1.82) is 0 Å². The molecule has 1 aromatic carbocycles. The number of benzene rings is 1. The molecular formula is C22H22N6O3. The third-order valence-electron chi connectivity index (χ3n) is 5.80. The van der Waals surface area contributed by atoms with Crippen LogP contribution in [0.2, 0.25) is 0 Å². The summed E-state index contributed by atoms with van der Waals surface area (Å²) >= 11 is 0. The molecule has 4 heterocycles. The minimum Gasteiger partial charge on any atom is -0.381 e. The van der Waals surface area contributed by atoms with Gasteiger partial charge in [0.1, 0.15) is 5.52 Å². The van der Waals surface area contributed by atoms with Gasteiger partial charge in [-0.2, -0.15) is 4.98 Å². The highest BCUT2D eigenvalue weighted by molar-refractivity contribution is 5.85. The summed E-state index contributed by atoms with van der Waals surface area (Å²) in [7, 11) is 1.57. The highest BCUT2D eigenvalue weighted by Gasteiger charge is 2.23. The quantitative estimate of drug-likeness (QED) is 0.510. The molecule has 0 atom stereocenters. The van der Waals surface area contributed by atoms with E-state index >= 15 is 0 Å². The van der Waals surface area contributed by atoms with E-state index in [9.17, 15) is 9.59 Å². The molecular weight excluding hydrogens is 396 g/mol. The molecule has 0 aliphatic carbocycles. The zero-order valence-electron chi connectivity index (χ0n) is 17.3. The summed E-state index contributed by atoms with van der Waals surface area (Å²) in [6.45, 7) is 3.09. The van der Waals surface area contributed by atoms with Crippen LogP contribution in [0.1, 0.15) is 24.4 Å². The number of aromatic nitrogens is 5. The van der Waals surface area contributed by atoms with Crippen LogP contribution < -0.4 is 16.4 Å². The van der Waals surface area contributed by atoms with E-state index in [1.165, 1.54) is 9.13 Å². The average molecular weight is 418 g/mol. The summed E-state index contributed by atoms with van der Waals surface area (Å²) in [5.41, 5.74) is 2.56. The number of aryl methyl sites for hydroxylation is 2. The third kappa shape index (κ3) is 3.36. The van der Waals surface area contributed by atoms with E-state index in [1.54, 1.807) is 19.4 Å². The summed E-state index contributed by atoms with van der Waals surface area (Å²) in [6.07, 6.45) is 4.66. The molecule has 0 saturated carbocycles. The van der Waals surface area contributed by atoms with Gasteiger partial charge >= 0.3 is 11.1 Å². The molecule has 0 amide bonds. The largest absolute Gasteiger partial charge is 0.381 e. The SMILES string of the molecule is Cc1cc2ncccc2cc1Nc1ncc2c(n1)n(C1CCOCC1)c(=O)c(=O)n2C. The summed E-state index contributed by atoms with van der Waals surface area (Å²) < 4.78 is 8.26. The maximum absolute atomic E-state index is 12.9. The Morgan fingerprint density at radius 2 is 1.94 bits per heavy atom. The van der Waals surface area contributed by atoms with Crippen LogP contribution in [0.15, 0.2) is 46.2 Å².